The maximum absolute atomic E-state index is 5.91. The summed E-state index contributed by atoms with van der Waals surface area (Å²) >= 11 is 5.91. The summed E-state index contributed by atoms with van der Waals surface area (Å²) in [7, 11) is 0. The normalized spacial score (nSPS) is 12.5. The fourth-order valence-corrected chi connectivity index (χ4v) is 1.25. The SMILES string of the molecule is CC(CCN)Nc1ccncc1Cl. The summed E-state index contributed by atoms with van der Waals surface area (Å²) in [5.41, 5.74) is 6.35. The van der Waals surface area contributed by atoms with Crippen LogP contribution < -0.4 is 11.1 Å². The molecule has 0 radical (unpaired) electrons. The summed E-state index contributed by atoms with van der Waals surface area (Å²) in [4.78, 5) is 3.90. The Bertz CT molecular complexity index is 265. The van der Waals surface area contributed by atoms with Gasteiger partial charge in [-0.1, -0.05) is 11.6 Å². The quantitative estimate of drug-likeness (QED) is 0.779. The third-order valence-electron chi connectivity index (χ3n) is 1.77. The fourth-order valence-electron chi connectivity index (χ4n) is 1.08. The Morgan fingerprint density at radius 2 is 2.46 bits per heavy atom. The number of nitrogens with one attached hydrogen (secondary N) is 1. The molecule has 1 unspecified atom stereocenters. The van der Waals surface area contributed by atoms with Crippen molar-refractivity contribution in [1.82, 2.24) is 4.98 Å². The van der Waals surface area contributed by atoms with E-state index in [4.69, 9.17) is 17.3 Å². The smallest absolute Gasteiger partial charge is 0.0820 e. The van der Waals surface area contributed by atoms with Crippen LogP contribution in [0.5, 0.6) is 0 Å². The Hall–Kier alpha value is -0.800. The first-order chi connectivity index (χ1) is 6.24. The molecule has 0 bridgehead atoms. The molecule has 0 saturated heterocycles. The van der Waals surface area contributed by atoms with Gasteiger partial charge in [-0.25, -0.2) is 0 Å². The number of halogens is 1. The minimum absolute atomic E-state index is 0.338. The Morgan fingerprint density at radius 3 is 3.08 bits per heavy atom. The van der Waals surface area contributed by atoms with E-state index in [0.29, 0.717) is 17.6 Å². The predicted octanol–water partition coefficient (Wildman–Crippen LogP) is 1.88. The minimum atomic E-state index is 0.338. The van der Waals surface area contributed by atoms with Gasteiger partial charge in [0.2, 0.25) is 0 Å². The van der Waals surface area contributed by atoms with E-state index in [1.165, 1.54) is 0 Å². The van der Waals surface area contributed by atoms with Crippen LogP contribution in [0.4, 0.5) is 5.69 Å². The highest BCUT2D eigenvalue weighted by atomic mass is 35.5. The van der Waals surface area contributed by atoms with Crippen LogP contribution in [0.15, 0.2) is 18.5 Å². The summed E-state index contributed by atoms with van der Waals surface area (Å²) in [5.74, 6) is 0. The van der Waals surface area contributed by atoms with E-state index in [9.17, 15) is 0 Å². The van der Waals surface area contributed by atoms with Crippen LogP contribution in [0.1, 0.15) is 13.3 Å². The average Bonchev–Trinajstić information content (AvgIpc) is 2.09. The molecule has 0 fully saturated rings. The standard InChI is InChI=1S/C9H14ClN3/c1-7(2-4-11)13-9-3-5-12-6-8(9)10/h3,5-7H,2,4,11H2,1H3,(H,12,13). The number of hydrogen-bond donors (Lipinski definition) is 2. The second kappa shape index (κ2) is 5.04. The van der Waals surface area contributed by atoms with Crippen molar-refractivity contribution >= 4 is 17.3 Å². The molecule has 13 heavy (non-hydrogen) atoms. The number of anilines is 1. The van der Waals surface area contributed by atoms with E-state index in [2.05, 4.69) is 17.2 Å². The molecule has 0 aromatic carbocycles. The third-order valence-corrected chi connectivity index (χ3v) is 2.08. The van der Waals surface area contributed by atoms with E-state index in [0.717, 1.165) is 12.1 Å². The molecule has 4 heteroatoms. The van der Waals surface area contributed by atoms with E-state index >= 15 is 0 Å². The molecule has 72 valence electrons. The molecule has 3 N–H and O–H groups in total. The molecule has 0 spiro atoms. The number of rotatable bonds is 4. The summed E-state index contributed by atoms with van der Waals surface area (Å²) in [5, 5.41) is 3.90. The average molecular weight is 200 g/mol. The monoisotopic (exact) mass is 199 g/mol. The van der Waals surface area contributed by atoms with Crippen LogP contribution in [0.2, 0.25) is 5.02 Å². The van der Waals surface area contributed by atoms with Crippen molar-refractivity contribution in [2.24, 2.45) is 5.73 Å². The lowest BCUT2D eigenvalue weighted by molar-refractivity contribution is 0.717. The molecule has 1 heterocycles. The van der Waals surface area contributed by atoms with Gasteiger partial charge in [0.15, 0.2) is 0 Å². The van der Waals surface area contributed by atoms with Crippen LogP contribution in [0.25, 0.3) is 0 Å². The van der Waals surface area contributed by atoms with Gasteiger partial charge in [-0.2, -0.15) is 0 Å². The summed E-state index contributed by atoms with van der Waals surface area (Å²) in [6, 6.07) is 2.19. The van der Waals surface area contributed by atoms with Crippen molar-refractivity contribution in [2.75, 3.05) is 11.9 Å². The highest BCUT2D eigenvalue weighted by molar-refractivity contribution is 6.33. The van der Waals surface area contributed by atoms with E-state index in [1.807, 2.05) is 6.07 Å². The van der Waals surface area contributed by atoms with Gasteiger partial charge in [0.25, 0.3) is 0 Å². The van der Waals surface area contributed by atoms with Crippen LogP contribution >= 0.6 is 11.6 Å². The van der Waals surface area contributed by atoms with Crippen LogP contribution in [-0.4, -0.2) is 17.6 Å². The number of aromatic nitrogens is 1. The van der Waals surface area contributed by atoms with Crippen molar-refractivity contribution in [1.29, 1.82) is 0 Å². The van der Waals surface area contributed by atoms with Gasteiger partial charge in [0.1, 0.15) is 0 Å². The van der Waals surface area contributed by atoms with E-state index in [1.54, 1.807) is 12.4 Å². The maximum Gasteiger partial charge on any atom is 0.0820 e. The zero-order valence-electron chi connectivity index (χ0n) is 7.63. The summed E-state index contributed by atoms with van der Waals surface area (Å²) in [6.45, 7) is 2.75. The molecule has 0 saturated carbocycles. The maximum atomic E-state index is 5.91. The van der Waals surface area contributed by atoms with Crippen molar-refractivity contribution < 1.29 is 0 Å². The summed E-state index contributed by atoms with van der Waals surface area (Å²) < 4.78 is 0. The molecular weight excluding hydrogens is 186 g/mol. The molecule has 3 nitrogen and oxygen atoms in total. The van der Waals surface area contributed by atoms with E-state index in [-0.39, 0.29) is 0 Å². The first-order valence-corrected chi connectivity index (χ1v) is 4.68. The molecule has 1 aromatic heterocycles. The molecule has 1 atom stereocenters. The lowest BCUT2D eigenvalue weighted by Gasteiger charge is -2.14. The van der Waals surface area contributed by atoms with Crippen molar-refractivity contribution in [3.63, 3.8) is 0 Å². The highest BCUT2D eigenvalue weighted by Crippen LogP contribution is 2.20. The number of nitrogens with two attached hydrogens (primary N) is 1. The van der Waals surface area contributed by atoms with Gasteiger partial charge in [0, 0.05) is 18.4 Å². The number of hydrogen-bond acceptors (Lipinski definition) is 3. The molecule has 1 rings (SSSR count). The van der Waals surface area contributed by atoms with Gasteiger partial charge >= 0.3 is 0 Å². The molecule has 0 aliphatic carbocycles. The highest BCUT2D eigenvalue weighted by Gasteiger charge is 2.03. The number of pyridine rings is 1. The second-order valence-corrected chi connectivity index (χ2v) is 3.39. The molecular formula is C9H14ClN3. The molecule has 1 aromatic rings. The van der Waals surface area contributed by atoms with E-state index < -0.39 is 0 Å². The van der Waals surface area contributed by atoms with Gasteiger partial charge in [-0.05, 0) is 26.0 Å². The van der Waals surface area contributed by atoms with Gasteiger partial charge in [-0.15, -0.1) is 0 Å². The van der Waals surface area contributed by atoms with Crippen LogP contribution in [0, 0.1) is 0 Å². The Morgan fingerprint density at radius 1 is 1.69 bits per heavy atom. The minimum Gasteiger partial charge on any atom is -0.381 e. The molecule has 0 aliphatic rings. The van der Waals surface area contributed by atoms with Crippen LogP contribution in [-0.2, 0) is 0 Å². The molecule has 0 amide bonds. The third kappa shape index (κ3) is 3.20. The Kier molecular flexibility index (Phi) is 3.99. The molecule has 0 aliphatic heterocycles. The van der Waals surface area contributed by atoms with Crippen molar-refractivity contribution in [3.8, 4) is 0 Å². The topological polar surface area (TPSA) is 50.9 Å². The van der Waals surface area contributed by atoms with Gasteiger partial charge in [-0.3, -0.25) is 4.98 Å². The van der Waals surface area contributed by atoms with Crippen molar-refractivity contribution in [3.05, 3.63) is 23.5 Å². The lowest BCUT2D eigenvalue weighted by atomic mass is 10.2. The fraction of sp³-hybridized carbons (Fsp3) is 0.444. The Balaban J connectivity index is 2.58. The largest absolute Gasteiger partial charge is 0.381 e. The zero-order valence-corrected chi connectivity index (χ0v) is 8.38. The predicted molar refractivity (Wildman–Crippen MR) is 56.0 cm³/mol. The Labute approximate surface area is 83.3 Å². The van der Waals surface area contributed by atoms with Crippen LogP contribution in [0.3, 0.4) is 0 Å². The van der Waals surface area contributed by atoms with Crippen molar-refractivity contribution in [2.45, 2.75) is 19.4 Å². The van der Waals surface area contributed by atoms with Gasteiger partial charge in [0.05, 0.1) is 10.7 Å². The number of nitrogens with zero attached hydrogens (tertiary/aromatic N) is 1. The lowest BCUT2D eigenvalue weighted by Crippen LogP contribution is -2.19. The van der Waals surface area contributed by atoms with Gasteiger partial charge < -0.3 is 11.1 Å². The first kappa shape index (κ1) is 10.3. The first-order valence-electron chi connectivity index (χ1n) is 4.30. The second-order valence-electron chi connectivity index (χ2n) is 2.98. The zero-order chi connectivity index (χ0) is 9.68. The summed E-state index contributed by atoms with van der Waals surface area (Å²) in [6.07, 6.45) is 4.26.